The molecule has 174 valence electrons. The molecule has 5 aromatic rings. The molecule has 6 rings (SSSR count). The molecule has 0 spiro atoms. The van der Waals surface area contributed by atoms with E-state index in [2.05, 4.69) is 122 Å². The molecular weight excluding hydrogens is 457 g/mol. The first-order valence-electron chi connectivity index (χ1n) is 12.2. The molecule has 1 unspecified atom stereocenters. The minimum absolute atomic E-state index is 0.272. The van der Waals surface area contributed by atoms with E-state index in [0.717, 1.165) is 5.56 Å². The molecule has 0 radical (unpaired) electrons. The van der Waals surface area contributed by atoms with Gasteiger partial charge in [-0.15, -0.1) is 0 Å². The number of nitrogens with zero attached hydrogens (tertiary/aromatic N) is 1. The maximum absolute atomic E-state index is 9.38. The zero-order valence-corrected chi connectivity index (χ0v) is 21.0. The average molecular weight is 484 g/mol. The molecule has 1 aliphatic heterocycles. The molecule has 5 aromatic carbocycles. The Labute approximate surface area is 212 Å². The van der Waals surface area contributed by atoms with Crippen LogP contribution >= 0.6 is 6.83 Å². The molecule has 1 atom stereocenters. The molecule has 36 heavy (non-hydrogen) atoms. The predicted molar refractivity (Wildman–Crippen MR) is 150 cm³/mol. The van der Waals surface area contributed by atoms with Gasteiger partial charge in [-0.3, -0.25) is 0 Å². The Morgan fingerprint density at radius 3 is 1.61 bits per heavy atom. The Hall–Kier alpha value is -4.02. The number of hydrogen-bond donors (Lipinski definition) is 0. The summed E-state index contributed by atoms with van der Waals surface area (Å²) >= 11 is 0. The van der Waals surface area contributed by atoms with E-state index in [9.17, 15) is 5.26 Å². The average Bonchev–Trinajstić information content (AvgIpc) is 3.27. The fraction of sp³-hybridized carbons (Fsp3) is 0.0606. The van der Waals surface area contributed by atoms with Gasteiger partial charge in [-0.05, 0) is 0 Å². The number of benzene rings is 5. The number of hydrogen-bond acceptors (Lipinski definition) is 2. The van der Waals surface area contributed by atoms with Crippen LogP contribution in [-0.4, -0.2) is 0 Å². The molecule has 0 bridgehead atoms. The van der Waals surface area contributed by atoms with Crippen molar-refractivity contribution in [2.45, 2.75) is 13.0 Å². The molecule has 0 N–H and O–H groups in total. The molecule has 0 aromatic heterocycles. The van der Waals surface area contributed by atoms with Gasteiger partial charge in [0.25, 0.3) is 0 Å². The number of nitriles is 1. The zero-order chi connectivity index (χ0) is 24.6. The van der Waals surface area contributed by atoms with Crippen molar-refractivity contribution in [1.82, 2.24) is 0 Å². The van der Waals surface area contributed by atoms with Crippen LogP contribution in [0.3, 0.4) is 0 Å². The van der Waals surface area contributed by atoms with Gasteiger partial charge < -0.3 is 0 Å². The first kappa shape index (κ1) is 22.4. The third-order valence-electron chi connectivity index (χ3n) is 7.33. The molecule has 2 nitrogen and oxygen atoms in total. The van der Waals surface area contributed by atoms with Gasteiger partial charge in [0.15, 0.2) is 0 Å². The van der Waals surface area contributed by atoms with Crippen molar-refractivity contribution in [3.8, 4) is 6.07 Å². The van der Waals surface area contributed by atoms with Gasteiger partial charge in [-0.2, -0.15) is 0 Å². The van der Waals surface area contributed by atoms with E-state index in [1.165, 1.54) is 32.3 Å². The molecule has 1 heterocycles. The van der Waals surface area contributed by atoms with Crippen molar-refractivity contribution in [3.05, 3.63) is 156 Å². The fourth-order valence-corrected chi connectivity index (χ4v) is 11.9. The monoisotopic (exact) mass is 483 g/mol. The molecule has 1 aliphatic rings. The van der Waals surface area contributed by atoms with Crippen LogP contribution in [0.1, 0.15) is 28.4 Å². The summed E-state index contributed by atoms with van der Waals surface area (Å²) in [6, 6.07) is 49.1. The SMILES string of the molecule is Cc1ccc2c(c1)C(c1ccc(C#N)cc1)OP2(c1ccccc1)(c1ccccc1)c1ccccc1. The van der Waals surface area contributed by atoms with E-state index >= 15 is 0 Å². The Bertz CT molecular complexity index is 1470. The second-order valence-electron chi connectivity index (χ2n) is 9.32. The molecule has 0 aliphatic carbocycles. The van der Waals surface area contributed by atoms with Crippen LogP contribution < -0.4 is 21.2 Å². The van der Waals surface area contributed by atoms with Crippen molar-refractivity contribution < 1.29 is 4.52 Å². The Morgan fingerprint density at radius 2 is 1.14 bits per heavy atom. The van der Waals surface area contributed by atoms with Crippen LogP contribution in [0.2, 0.25) is 0 Å². The van der Waals surface area contributed by atoms with Gasteiger partial charge in [0.1, 0.15) is 0 Å². The first-order chi connectivity index (χ1) is 17.7. The number of aryl methyl sites for hydroxylation is 1. The molecule has 0 fully saturated rings. The summed E-state index contributed by atoms with van der Waals surface area (Å²) < 4.78 is 7.73. The second-order valence-corrected chi connectivity index (χ2v) is 13.6. The minimum atomic E-state index is -3.62. The Morgan fingerprint density at radius 1 is 0.639 bits per heavy atom. The summed E-state index contributed by atoms with van der Waals surface area (Å²) in [6.07, 6.45) is -0.272. The summed E-state index contributed by atoms with van der Waals surface area (Å²) in [5.41, 5.74) is 4.08. The zero-order valence-electron chi connectivity index (χ0n) is 20.1. The Kier molecular flexibility index (Phi) is 5.35. The van der Waals surface area contributed by atoms with Gasteiger partial charge in [0.2, 0.25) is 0 Å². The van der Waals surface area contributed by atoms with Crippen molar-refractivity contribution >= 4 is 28.0 Å². The second kappa shape index (κ2) is 8.58. The van der Waals surface area contributed by atoms with Crippen molar-refractivity contribution in [3.63, 3.8) is 0 Å². The van der Waals surface area contributed by atoms with Gasteiger partial charge in [0, 0.05) is 0 Å². The maximum atomic E-state index is 9.38. The van der Waals surface area contributed by atoms with E-state index in [0.29, 0.717) is 5.56 Å². The normalized spacial score (nSPS) is 18.3. The van der Waals surface area contributed by atoms with Gasteiger partial charge in [-0.25, -0.2) is 0 Å². The molecule has 0 saturated heterocycles. The Balaban J connectivity index is 1.79. The van der Waals surface area contributed by atoms with E-state index < -0.39 is 6.83 Å². The van der Waals surface area contributed by atoms with Gasteiger partial charge in [-0.1, -0.05) is 0 Å². The standard InChI is InChI=1S/C33H26NOP/c1-25-17-22-32-31(23-25)33(27-20-18-26(24-34)19-21-27)35-36(32,28-11-5-2-6-12-28,29-13-7-3-8-14-29)30-15-9-4-10-16-30/h2-23,33H,1H3. The summed E-state index contributed by atoms with van der Waals surface area (Å²) in [5.74, 6) is 0. The third-order valence-corrected chi connectivity index (χ3v) is 13.1. The fourth-order valence-electron chi connectivity index (χ4n) is 5.75. The van der Waals surface area contributed by atoms with E-state index in [4.69, 9.17) is 4.52 Å². The van der Waals surface area contributed by atoms with E-state index in [1.54, 1.807) is 0 Å². The summed E-state index contributed by atoms with van der Waals surface area (Å²) in [7, 11) is 0. The molecule has 0 saturated carbocycles. The topological polar surface area (TPSA) is 33.0 Å². The summed E-state index contributed by atoms with van der Waals surface area (Å²) in [4.78, 5) is 0. The van der Waals surface area contributed by atoms with Gasteiger partial charge in [0.05, 0.1) is 0 Å². The van der Waals surface area contributed by atoms with Crippen LogP contribution in [0.5, 0.6) is 0 Å². The van der Waals surface area contributed by atoms with Gasteiger partial charge >= 0.3 is 213 Å². The van der Waals surface area contributed by atoms with Crippen LogP contribution in [0, 0.1) is 18.3 Å². The quantitative estimate of drug-likeness (QED) is 0.291. The number of rotatable bonds is 4. The van der Waals surface area contributed by atoms with Crippen molar-refractivity contribution in [1.29, 1.82) is 5.26 Å². The third kappa shape index (κ3) is 3.04. The van der Waals surface area contributed by atoms with Crippen molar-refractivity contribution in [2.75, 3.05) is 0 Å². The van der Waals surface area contributed by atoms with Crippen LogP contribution in [0.25, 0.3) is 0 Å². The van der Waals surface area contributed by atoms with Crippen molar-refractivity contribution in [2.24, 2.45) is 0 Å². The van der Waals surface area contributed by atoms with Crippen LogP contribution in [0.15, 0.2) is 133 Å². The van der Waals surface area contributed by atoms with E-state index in [1.807, 2.05) is 24.3 Å². The molecule has 3 heteroatoms. The summed E-state index contributed by atoms with van der Waals surface area (Å²) in [5, 5.41) is 14.2. The van der Waals surface area contributed by atoms with Crippen LogP contribution in [-0.2, 0) is 4.52 Å². The van der Waals surface area contributed by atoms with Crippen LogP contribution in [0.4, 0.5) is 0 Å². The summed E-state index contributed by atoms with van der Waals surface area (Å²) in [6.45, 7) is -1.48. The first-order valence-corrected chi connectivity index (χ1v) is 14.3. The predicted octanol–water partition coefficient (Wildman–Crippen LogP) is 6.06. The van der Waals surface area contributed by atoms with E-state index in [-0.39, 0.29) is 6.10 Å². The molecular formula is C33H26NOP. The number of fused-ring (bicyclic) bond motifs is 1. The molecule has 0 amide bonds.